The Hall–Kier alpha value is -3.10. The Balaban J connectivity index is 1.62. The van der Waals surface area contributed by atoms with Gasteiger partial charge in [-0.3, -0.25) is 15.1 Å². The average Bonchev–Trinajstić information content (AvgIpc) is 3.15. The third-order valence-corrected chi connectivity index (χ3v) is 7.12. The van der Waals surface area contributed by atoms with Gasteiger partial charge in [0.05, 0.1) is 22.3 Å². The lowest BCUT2D eigenvalue weighted by Gasteiger charge is -2.34. The second-order valence-electron chi connectivity index (χ2n) is 8.17. The number of halogens is 1. The fourth-order valence-corrected chi connectivity index (χ4v) is 5.37. The van der Waals surface area contributed by atoms with Crippen LogP contribution in [0.4, 0.5) is 0 Å². The molecule has 3 aromatic rings. The number of nitrogens with zero attached hydrogens (tertiary/aromatic N) is 5. The Bertz CT molecular complexity index is 1380. The molecule has 0 radical (unpaired) electrons. The molecule has 0 saturated carbocycles. The normalized spacial score (nSPS) is 17.0. The van der Waals surface area contributed by atoms with Crippen LogP contribution in [0, 0.1) is 6.92 Å². The number of fused-ring (bicyclic) bond motifs is 2. The standard InChI is InChI=1S/C25H25ClN6OS/c1-3-4-10-15-34-25-28-24(33)21-18-13-8-9-14-19(18)27-23(32(21)30-25)20-16(2)29-31(22(20)26)17-11-6-5-7-12-17/h5-9,11-14,23H,3-4,10,15H2,1-2H3,(H,28,30,33)/t23-/m1/s1. The summed E-state index contributed by atoms with van der Waals surface area (Å²) in [5, 5.41) is 16.7. The fourth-order valence-electron chi connectivity index (χ4n) is 4.15. The molecule has 9 heteroatoms. The number of rotatable bonds is 6. The first-order chi connectivity index (χ1) is 16.6. The summed E-state index contributed by atoms with van der Waals surface area (Å²) in [7, 11) is 0. The van der Waals surface area contributed by atoms with Crippen molar-refractivity contribution in [1.29, 1.82) is 0 Å². The van der Waals surface area contributed by atoms with Gasteiger partial charge in [-0.15, -0.1) is 5.10 Å². The van der Waals surface area contributed by atoms with Crippen molar-refractivity contribution in [2.45, 2.75) is 39.3 Å². The predicted octanol–water partition coefficient (Wildman–Crippen LogP) is 3.90. The number of amidine groups is 1. The van der Waals surface area contributed by atoms with E-state index in [1.165, 1.54) is 0 Å². The van der Waals surface area contributed by atoms with Gasteiger partial charge in [0.2, 0.25) is 0 Å². The van der Waals surface area contributed by atoms with Crippen LogP contribution in [0.5, 0.6) is 0 Å². The van der Waals surface area contributed by atoms with Crippen molar-refractivity contribution in [3.8, 4) is 5.69 Å². The van der Waals surface area contributed by atoms with Crippen molar-refractivity contribution in [3.05, 3.63) is 81.6 Å². The monoisotopic (exact) mass is 492 g/mol. The molecule has 0 fully saturated rings. The molecule has 0 aliphatic carbocycles. The van der Waals surface area contributed by atoms with Crippen LogP contribution in [0.2, 0.25) is 5.15 Å². The summed E-state index contributed by atoms with van der Waals surface area (Å²) in [5.74, 6) is 0.699. The second-order valence-corrected chi connectivity index (χ2v) is 9.61. The number of hydrogen-bond donors (Lipinski definition) is 1. The Morgan fingerprint density at radius 2 is 1.85 bits per heavy atom. The van der Waals surface area contributed by atoms with Crippen molar-refractivity contribution in [1.82, 2.24) is 20.1 Å². The quantitative estimate of drug-likeness (QED) is 0.529. The number of hydrazone groups is 1. The van der Waals surface area contributed by atoms with Gasteiger partial charge in [0.1, 0.15) is 10.9 Å². The van der Waals surface area contributed by atoms with Crippen molar-refractivity contribution in [3.63, 3.8) is 0 Å². The van der Waals surface area contributed by atoms with E-state index in [1.807, 2.05) is 61.5 Å². The molecule has 1 amide bonds. The highest BCUT2D eigenvalue weighted by molar-refractivity contribution is 8.13. The number of aromatic nitrogens is 2. The molecule has 1 atom stereocenters. The molecule has 2 aliphatic heterocycles. The van der Waals surface area contributed by atoms with Crippen molar-refractivity contribution in [2.75, 3.05) is 5.75 Å². The largest absolute Gasteiger partial charge is 0.298 e. The number of hydrogen-bond acceptors (Lipinski definition) is 6. The predicted molar refractivity (Wildman–Crippen MR) is 136 cm³/mol. The van der Waals surface area contributed by atoms with E-state index in [1.54, 1.807) is 21.5 Å². The SMILES string of the molecule is CCCCCSC1=NN2C(=c3ccccc3=N[C@H]2c2c(C)nn(-c3ccccc3)c2Cl)C(=O)N1. The minimum absolute atomic E-state index is 0.190. The van der Waals surface area contributed by atoms with Crippen LogP contribution in [0.15, 0.2) is 64.7 Å². The molecule has 3 heterocycles. The van der Waals surface area contributed by atoms with E-state index in [0.29, 0.717) is 16.0 Å². The molecule has 0 spiro atoms. The van der Waals surface area contributed by atoms with E-state index in [4.69, 9.17) is 26.8 Å². The molecule has 0 saturated heterocycles. The number of para-hydroxylation sites is 2. The van der Waals surface area contributed by atoms with E-state index in [0.717, 1.165) is 52.5 Å². The first-order valence-electron chi connectivity index (χ1n) is 11.4. The Morgan fingerprint density at radius 3 is 2.65 bits per heavy atom. The van der Waals surface area contributed by atoms with Gasteiger partial charge in [-0.1, -0.05) is 79.5 Å². The summed E-state index contributed by atoms with van der Waals surface area (Å²) in [6, 6.07) is 17.3. The smallest absolute Gasteiger partial charge is 0.276 e. The minimum atomic E-state index is -0.604. The van der Waals surface area contributed by atoms with E-state index in [2.05, 4.69) is 12.2 Å². The molecule has 0 bridgehead atoms. The van der Waals surface area contributed by atoms with Gasteiger partial charge in [0.25, 0.3) is 5.91 Å². The van der Waals surface area contributed by atoms with Crippen LogP contribution in [-0.4, -0.2) is 31.6 Å². The highest BCUT2D eigenvalue weighted by Crippen LogP contribution is 2.37. The highest BCUT2D eigenvalue weighted by atomic mass is 35.5. The van der Waals surface area contributed by atoms with Gasteiger partial charge >= 0.3 is 0 Å². The van der Waals surface area contributed by atoms with Crippen molar-refractivity contribution >= 4 is 40.1 Å². The van der Waals surface area contributed by atoms with Crippen LogP contribution < -0.4 is 15.9 Å². The summed E-state index contributed by atoms with van der Waals surface area (Å²) in [5.41, 5.74) is 2.79. The van der Waals surface area contributed by atoms with Gasteiger partial charge in [-0.05, 0) is 31.5 Å². The van der Waals surface area contributed by atoms with Gasteiger partial charge in [0, 0.05) is 11.0 Å². The Morgan fingerprint density at radius 1 is 1.09 bits per heavy atom. The van der Waals surface area contributed by atoms with Crippen LogP contribution >= 0.6 is 23.4 Å². The first kappa shape index (κ1) is 22.7. The van der Waals surface area contributed by atoms with Gasteiger partial charge in [-0.25, -0.2) is 9.69 Å². The lowest BCUT2D eigenvalue weighted by Crippen LogP contribution is -2.50. The number of benzene rings is 2. The van der Waals surface area contributed by atoms with Crippen molar-refractivity contribution < 1.29 is 4.79 Å². The molecular formula is C25H25ClN6OS. The maximum Gasteiger partial charge on any atom is 0.276 e. The third kappa shape index (κ3) is 4.12. The van der Waals surface area contributed by atoms with Gasteiger partial charge in [-0.2, -0.15) is 5.10 Å². The number of aryl methyl sites for hydroxylation is 1. The van der Waals surface area contributed by atoms with E-state index in [9.17, 15) is 4.79 Å². The zero-order valence-electron chi connectivity index (χ0n) is 19.0. The summed E-state index contributed by atoms with van der Waals surface area (Å²) in [6.07, 6.45) is 2.75. The maximum absolute atomic E-state index is 13.3. The van der Waals surface area contributed by atoms with E-state index >= 15 is 0 Å². The zero-order valence-corrected chi connectivity index (χ0v) is 20.6. The van der Waals surface area contributed by atoms with Crippen molar-refractivity contribution in [2.24, 2.45) is 10.1 Å². The molecule has 7 nitrogen and oxygen atoms in total. The zero-order chi connectivity index (χ0) is 23.7. The van der Waals surface area contributed by atoms with Crippen LogP contribution in [0.3, 0.4) is 0 Å². The molecule has 174 valence electrons. The average molecular weight is 493 g/mol. The Kier molecular flexibility index (Phi) is 6.43. The number of nitrogens with one attached hydrogen (secondary N) is 1. The van der Waals surface area contributed by atoms with Gasteiger partial charge < -0.3 is 0 Å². The van der Waals surface area contributed by atoms with Crippen LogP contribution in [0.25, 0.3) is 11.4 Å². The fraction of sp³-hybridized carbons (Fsp3) is 0.280. The number of unbranched alkanes of at least 4 members (excludes halogenated alkanes) is 2. The highest BCUT2D eigenvalue weighted by Gasteiger charge is 2.37. The summed E-state index contributed by atoms with van der Waals surface area (Å²) >= 11 is 8.45. The topological polar surface area (TPSA) is 74.9 Å². The number of thioether (sulfide) groups is 1. The molecule has 5 rings (SSSR count). The molecule has 0 unspecified atom stereocenters. The van der Waals surface area contributed by atoms with E-state index < -0.39 is 6.17 Å². The van der Waals surface area contributed by atoms with Gasteiger partial charge in [0.15, 0.2) is 11.3 Å². The van der Waals surface area contributed by atoms with Crippen LogP contribution in [-0.2, 0) is 4.79 Å². The lowest BCUT2D eigenvalue weighted by molar-refractivity contribution is -0.116. The van der Waals surface area contributed by atoms with Crippen LogP contribution in [0.1, 0.15) is 43.6 Å². The number of carbonyl (C=O) groups is 1. The summed E-state index contributed by atoms with van der Waals surface area (Å²) in [4.78, 5) is 18.3. The molecule has 2 aliphatic rings. The number of carbonyl (C=O) groups excluding carboxylic acids is 1. The number of amides is 1. The molecule has 1 aromatic heterocycles. The summed E-state index contributed by atoms with van der Waals surface area (Å²) < 4.78 is 1.70. The maximum atomic E-state index is 13.3. The molecule has 1 N–H and O–H groups in total. The molecule has 2 aromatic carbocycles. The first-order valence-corrected chi connectivity index (χ1v) is 12.7. The minimum Gasteiger partial charge on any atom is -0.298 e. The van der Waals surface area contributed by atoms with E-state index in [-0.39, 0.29) is 5.91 Å². The second kappa shape index (κ2) is 9.64. The third-order valence-electron chi connectivity index (χ3n) is 5.81. The molecule has 34 heavy (non-hydrogen) atoms. The molecular weight excluding hydrogens is 468 g/mol. The Labute approximate surface area is 207 Å². The lowest BCUT2D eigenvalue weighted by atomic mass is 10.1. The summed E-state index contributed by atoms with van der Waals surface area (Å²) in [6.45, 7) is 4.08.